The minimum atomic E-state index is 0.0892. The second-order valence-electron chi connectivity index (χ2n) is 6.62. The summed E-state index contributed by atoms with van der Waals surface area (Å²) in [5.74, 6) is 1.19. The SMILES string of the molecule is COc1cccc(Nc2nnc(SCC(=O)N(Cc3ccccc3)C(C)C)s2)c1. The van der Waals surface area contributed by atoms with E-state index in [0.29, 0.717) is 17.4 Å². The highest BCUT2D eigenvalue weighted by molar-refractivity contribution is 8.01. The van der Waals surface area contributed by atoms with Gasteiger partial charge in [0.05, 0.1) is 12.9 Å². The van der Waals surface area contributed by atoms with Gasteiger partial charge in [0.1, 0.15) is 5.75 Å². The number of hydrogen-bond donors (Lipinski definition) is 1. The van der Waals surface area contributed by atoms with Crippen molar-refractivity contribution in [2.24, 2.45) is 0 Å². The van der Waals surface area contributed by atoms with Gasteiger partial charge in [0.15, 0.2) is 4.34 Å². The van der Waals surface area contributed by atoms with Crippen molar-refractivity contribution in [2.45, 2.75) is 30.8 Å². The number of nitrogens with zero attached hydrogens (tertiary/aromatic N) is 3. The first-order valence-corrected chi connectivity index (χ1v) is 11.1. The second-order valence-corrected chi connectivity index (χ2v) is 8.82. The first-order valence-electron chi connectivity index (χ1n) is 9.26. The first-order chi connectivity index (χ1) is 14.0. The lowest BCUT2D eigenvalue weighted by atomic mass is 10.2. The Morgan fingerprint density at radius 2 is 1.97 bits per heavy atom. The van der Waals surface area contributed by atoms with Crippen molar-refractivity contribution in [3.63, 3.8) is 0 Å². The fourth-order valence-corrected chi connectivity index (χ4v) is 4.35. The summed E-state index contributed by atoms with van der Waals surface area (Å²) in [5.41, 5.74) is 2.00. The molecule has 1 aromatic heterocycles. The molecule has 0 radical (unpaired) electrons. The molecule has 0 saturated carbocycles. The fraction of sp³-hybridized carbons (Fsp3) is 0.286. The number of carbonyl (C=O) groups is 1. The third kappa shape index (κ3) is 6.20. The average Bonchev–Trinajstić information content (AvgIpc) is 3.18. The van der Waals surface area contributed by atoms with Crippen LogP contribution >= 0.6 is 23.1 Å². The van der Waals surface area contributed by atoms with Crippen molar-refractivity contribution in [3.05, 3.63) is 60.2 Å². The Bertz CT molecular complexity index is 931. The fourth-order valence-electron chi connectivity index (χ4n) is 2.69. The summed E-state index contributed by atoms with van der Waals surface area (Å²) < 4.78 is 5.98. The maximum atomic E-state index is 12.8. The van der Waals surface area contributed by atoms with Crippen LogP contribution in [0.3, 0.4) is 0 Å². The van der Waals surface area contributed by atoms with E-state index in [2.05, 4.69) is 15.5 Å². The maximum Gasteiger partial charge on any atom is 0.233 e. The number of aromatic nitrogens is 2. The van der Waals surface area contributed by atoms with E-state index in [9.17, 15) is 4.79 Å². The maximum absolute atomic E-state index is 12.8. The van der Waals surface area contributed by atoms with Crippen LogP contribution < -0.4 is 10.1 Å². The number of thioether (sulfide) groups is 1. The molecule has 0 aliphatic rings. The highest BCUT2D eigenvalue weighted by atomic mass is 32.2. The van der Waals surface area contributed by atoms with Gasteiger partial charge in [-0.05, 0) is 31.5 Å². The molecular formula is C21H24N4O2S2. The molecule has 6 nitrogen and oxygen atoms in total. The van der Waals surface area contributed by atoms with Crippen LogP contribution in [0.4, 0.5) is 10.8 Å². The molecule has 0 unspecified atom stereocenters. The Labute approximate surface area is 179 Å². The number of nitrogens with one attached hydrogen (secondary N) is 1. The van der Waals surface area contributed by atoms with Gasteiger partial charge in [-0.15, -0.1) is 10.2 Å². The summed E-state index contributed by atoms with van der Waals surface area (Å²) in [6.07, 6.45) is 0. The van der Waals surface area contributed by atoms with Gasteiger partial charge < -0.3 is 15.0 Å². The van der Waals surface area contributed by atoms with E-state index in [0.717, 1.165) is 21.3 Å². The molecule has 29 heavy (non-hydrogen) atoms. The monoisotopic (exact) mass is 428 g/mol. The molecule has 0 atom stereocenters. The summed E-state index contributed by atoms with van der Waals surface area (Å²) in [4.78, 5) is 14.7. The molecule has 2 aromatic carbocycles. The Kier molecular flexibility index (Phi) is 7.48. The van der Waals surface area contributed by atoms with Crippen molar-refractivity contribution in [1.82, 2.24) is 15.1 Å². The largest absolute Gasteiger partial charge is 0.497 e. The molecule has 1 heterocycles. The third-order valence-electron chi connectivity index (χ3n) is 4.19. The van der Waals surface area contributed by atoms with Crippen molar-refractivity contribution in [1.29, 1.82) is 0 Å². The molecule has 0 aliphatic carbocycles. The normalized spacial score (nSPS) is 10.8. The highest BCUT2D eigenvalue weighted by Crippen LogP contribution is 2.29. The number of carbonyl (C=O) groups excluding carboxylic acids is 1. The zero-order valence-electron chi connectivity index (χ0n) is 16.7. The van der Waals surface area contributed by atoms with E-state index in [4.69, 9.17) is 4.74 Å². The van der Waals surface area contributed by atoms with E-state index in [1.807, 2.05) is 73.3 Å². The minimum Gasteiger partial charge on any atom is -0.497 e. The Morgan fingerprint density at radius 3 is 2.69 bits per heavy atom. The van der Waals surface area contributed by atoms with Gasteiger partial charge >= 0.3 is 0 Å². The van der Waals surface area contributed by atoms with Crippen molar-refractivity contribution >= 4 is 39.8 Å². The molecule has 0 fully saturated rings. The number of hydrogen-bond acceptors (Lipinski definition) is 7. The van der Waals surface area contributed by atoms with Crippen LogP contribution in [-0.2, 0) is 11.3 Å². The number of ether oxygens (including phenoxy) is 1. The Morgan fingerprint density at radius 1 is 1.17 bits per heavy atom. The van der Waals surface area contributed by atoms with E-state index < -0.39 is 0 Å². The Hall–Kier alpha value is -2.58. The van der Waals surface area contributed by atoms with Gasteiger partial charge in [0.2, 0.25) is 11.0 Å². The van der Waals surface area contributed by atoms with Crippen LogP contribution in [0.5, 0.6) is 5.75 Å². The summed E-state index contributed by atoms with van der Waals surface area (Å²) in [5, 5.41) is 12.2. The van der Waals surface area contributed by atoms with Crippen molar-refractivity contribution in [3.8, 4) is 5.75 Å². The standard InChI is InChI=1S/C21H24N4O2S2/c1-15(2)25(13-16-8-5-4-6-9-16)19(26)14-28-21-24-23-20(29-21)22-17-10-7-11-18(12-17)27-3/h4-12,15H,13-14H2,1-3H3,(H,22,23). The average molecular weight is 429 g/mol. The zero-order valence-corrected chi connectivity index (χ0v) is 18.3. The smallest absolute Gasteiger partial charge is 0.233 e. The highest BCUT2D eigenvalue weighted by Gasteiger charge is 2.18. The lowest BCUT2D eigenvalue weighted by molar-refractivity contribution is -0.130. The molecule has 3 aromatic rings. The van der Waals surface area contributed by atoms with Gasteiger partial charge in [-0.3, -0.25) is 4.79 Å². The number of anilines is 2. The summed E-state index contributed by atoms with van der Waals surface area (Å²) >= 11 is 2.84. The summed E-state index contributed by atoms with van der Waals surface area (Å²) in [6.45, 7) is 4.68. The van der Waals surface area contributed by atoms with Gasteiger partial charge in [0.25, 0.3) is 0 Å². The van der Waals surface area contributed by atoms with Crippen LogP contribution in [0, 0.1) is 0 Å². The molecular weight excluding hydrogens is 404 g/mol. The van der Waals surface area contributed by atoms with E-state index in [-0.39, 0.29) is 11.9 Å². The van der Waals surface area contributed by atoms with Crippen LogP contribution in [0.2, 0.25) is 0 Å². The zero-order chi connectivity index (χ0) is 20.6. The van der Waals surface area contributed by atoms with Gasteiger partial charge in [-0.1, -0.05) is 59.5 Å². The predicted octanol–water partition coefficient (Wildman–Crippen LogP) is 4.82. The second kappa shape index (κ2) is 10.3. The lowest BCUT2D eigenvalue weighted by Crippen LogP contribution is -2.37. The van der Waals surface area contributed by atoms with Crippen LogP contribution in [-0.4, -0.2) is 39.9 Å². The van der Waals surface area contributed by atoms with E-state index >= 15 is 0 Å². The van der Waals surface area contributed by atoms with Crippen molar-refractivity contribution < 1.29 is 9.53 Å². The number of methoxy groups -OCH3 is 1. The molecule has 0 saturated heterocycles. The van der Waals surface area contributed by atoms with Crippen LogP contribution in [0.15, 0.2) is 58.9 Å². The molecule has 1 N–H and O–H groups in total. The molecule has 0 aliphatic heterocycles. The van der Waals surface area contributed by atoms with E-state index in [1.54, 1.807) is 7.11 Å². The molecule has 8 heteroatoms. The molecule has 152 valence electrons. The molecule has 0 spiro atoms. The first kappa shape index (κ1) is 21.1. The predicted molar refractivity (Wildman–Crippen MR) is 119 cm³/mol. The minimum absolute atomic E-state index is 0.0892. The van der Waals surface area contributed by atoms with E-state index in [1.165, 1.54) is 23.1 Å². The quantitative estimate of drug-likeness (QED) is 0.493. The number of rotatable bonds is 9. The molecule has 0 bridgehead atoms. The lowest BCUT2D eigenvalue weighted by Gasteiger charge is -2.26. The van der Waals surface area contributed by atoms with Crippen LogP contribution in [0.25, 0.3) is 0 Å². The number of amides is 1. The summed E-state index contributed by atoms with van der Waals surface area (Å²) in [7, 11) is 1.63. The number of benzene rings is 2. The van der Waals surface area contributed by atoms with Crippen molar-refractivity contribution in [2.75, 3.05) is 18.2 Å². The Balaban J connectivity index is 1.56. The van der Waals surface area contributed by atoms with Gasteiger partial charge in [-0.25, -0.2) is 0 Å². The third-order valence-corrected chi connectivity index (χ3v) is 6.14. The molecule has 1 amide bonds. The van der Waals surface area contributed by atoms with Gasteiger partial charge in [-0.2, -0.15) is 0 Å². The molecule has 3 rings (SSSR count). The topological polar surface area (TPSA) is 67.3 Å². The summed E-state index contributed by atoms with van der Waals surface area (Å²) in [6, 6.07) is 17.8. The van der Waals surface area contributed by atoms with Crippen LogP contribution in [0.1, 0.15) is 19.4 Å². The van der Waals surface area contributed by atoms with Gasteiger partial charge in [0, 0.05) is 24.3 Å².